The largest absolute Gasteiger partial charge is 0.462 e. The number of fused-ring (bicyclic) bond motifs is 1. The lowest BCUT2D eigenvalue weighted by molar-refractivity contribution is 0.0526. The fraction of sp³-hybridized carbons (Fsp3) is 0.515. The van der Waals surface area contributed by atoms with Crippen LogP contribution in [0.3, 0.4) is 0 Å². The molecule has 38 heavy (non-hydrogen) atoms. The zero-order valence-electron chi connectivity index (χ0n) is 23.9. The molecule has 2 aromatic heterocycles. The van der Waals surface area contributed by atoms with Crippen molar-refractivity contribution in [1.29, 1.82) is 0 Å². The van der Waals surface area contributed by atoms with Gasteiger partial charge in [0.15, 0.2) is 0 Å². The topological polar surface area (TPSA) is 51.0 Å². The van der Waals surface area contributed by atoms with Gasteiger partial charge in [0, 0.05) is 17.3 Å². The summed E-state index contributed by atoms with van der Waals surface area (Å²) in [6.45, 7) is 12.3. The van der Waals surface area contributed by atoms with Gasteiger partial charge in [0.2, 0.25) is 5.78 Å². The molecule has 5 nitrogen and oxygen atoms in total. The minimum Gasteiger partial charge on any atom is -0.462 e. The summed E-state index contributed by atoms with van der Waals surface area (Å²) < 4.78 is 7.09. The van der Waals surface area contributed by atoms with Gasteiger partial charge in [-0.15, -0.1) is 0 Å². The second kappa shape index (κ2) is 15.5. The molecule has 0 fully saturated rings. The first kappa shape index (κ1) is 29.6. The number of hydrogen-bond donors (Lipinski definition) is 0. The number of ketones is 1. The van der Waals surface area contributed by atoms with Gasteiger partial charge in [0.1, 0.15) is 0 Å². The van der Waals surface area contributed by atoms with E-state index in [-0.39, 0.29) is 11.8 Å². The first-order valence-corrected chi connectivity index (χ1v) is 14.7. The zero-order valence-corrected chi connectivity index (χ0v) is 23.9. The molecule has 1 aromatic carbocycles. The number of hydrogen-bond acceptors (Lipinski definition) is 4. The monoisotopic (exact) mass is 518 g/mol. The quantitative estimate of drug-likeness (QED) is 0.137. The number of carbonyl (C=O) groups excluding carboxylic acids is 2. The Kier molecular flexibility index (Phi) is 12.1. The van der Waals surface area contributed by atoms with Gasteiger partial charge < -0.3 is 14.0 Å². The Morgan fingerprint density at radius 1 is 0.763 bits per heavy atom. The Labute approximate surface area is 229 Å². The van der Waals surface area contributed by atoms with Crippen molar-refractivity contribution in [2.45, 2.75) is 85.5 Å². The van der Waals surface area contributed by atoms with E-state index < -0.39 is 0 Å². The van der Waals surface area contributed by atoms with E-state index in [0.29, 0.717) is 23.4 Å². The molecule has 2 heterocycles. The van der Waals surface area contributed by atoms with E-state index in [1.54, 1.807) is 13.0 Å². The highest BCUT2D eigenvalue weighted by atomic mass is 16.5. The lowest BCUT2D eigenvalue weighted by Gasteiger charge is -2.21. The summed E-state index contributed by atoms with van der Waals surface area (Å²) in [5.41, 5.74) is 5.05. The van der Waals surface area contributed by atoms with Gasteiger partial charge in [-0.05, 0) is 94.4 Å². The number of aromatic nitrogens is 1. The number of rotatable bonds is 17. The van der Waals surface area contributed by atoms with Crippen LogP contribution < -0.4 is 0 Å². The van der Waals surface area contributed by atoms with Crippen LogP contribution in [-0.2, 0) is 17.6 Å². The maximum atomic E-state index is 13.7. The summed E-state index contributed by atoms with van der Waals surface area (Å²) in [4.78, 5) is 28.6. The third-order valence-corrected chi connectivity index (χ3v) is 7.19. The Morgan fingerprint density at radius 3 is 2.05 bits per heavy atom. The first-order chi connectivity index (χ1) is 18.5. The van der Waals surface area contributed by atoms with Crippen LogP contribution >= 0.6 is 0 Å². The number of carbonyl (C=O) groups is 2. The van der Waals surface area contributed by atoms with Crippen LogP contribution in [-0.4, -0.2) is 47.3 Å². The summed E-state index contributed by atoms with van der Waals surface area (Å²) in [6.07, 6.45) is 11.9. The van der Waals surface area contributed by atoms with Gasteiger partial charge in [-0.25, -0.2) is 4.79 Å². The molecule has 0 atom stereocenters. The predicted octanol–water partition coefficient (Wildman–Crippen LogP) is 7.52. The Bertz CT molecular complexity index is 1150. The summed E-state index contributed by atoms with van der Waals surface area (Å²) in [6, 6.07) is 13.8. The predicted molar refractivity (Wildman–Crippen MR) is 156 cm³/mol. The molecule has 5 heteroatoms. The Morgan fingerprint density at radius 2 is 1.42 bits per heavy atom. The van der Waals surface area contributed by atoms with Crippen LogP contribution in [0.1, 0.15) is 110 Å². The number of pyridine rings is 1. The van der Waals surface area contributed by atoms with Crippen molar-refractivity contribution in [3.05, 3.63) is 76.6 Å². The maximum absolute atomic E-state index is 13.7. The summed E-state index contributed by atoms with van der Waals surface area (Å²) in [5.74, 6) is -0.314. The molecule has 0 saturated carbocycles. The van der Waals surface area contributed by atoms with Crippen molar-refractivity contribution in [3.8, 4) is 0 Å². The highest BCUT2D eigenvalue weighted by Crippen LogP contribution is 2.24. The Hall–Kier alpha value is -2.92. The van der Waals surface area contributed by atoms with Gasteiger partial charge in [0.05, 0.1) is 17.9 Å². The van der Waals surface area contributed by atoms with E-state index in [1.165, 1.54) is 44.3 Å². The molecule has 0 unspecified atom stereocenters. The van der Waals surface area contributed by atoms with Crippen molar-refractivity contribution in [2.24, 2.45) is 0 Å². The summed E-state index contributed by atoms with van der Waals surface area (Å²) in [7, 11) is 0. The molecule has 0 aliphatic carbocycles. The maximum Gasteiger partial charge on any atom is 0.338 e. The summed E-state index contributed by atoms with van der Waals surface area (Å²) >= 11 is 0. The molecule has 0 radical (unpaired) electrons. The lowest BCUT2D eigenvalue weighted by atomic mass is 10.00. The minimum absolute atomic E-state index is 0.0249. The van der Waals surface area contributed by atoms with Crippen LogP contribution in [0.25, 0.3) is 5.52 Å². The van der Waals surface area contributed by atoms with Crippen LogP contribution in [0.2, 0.25) is 0 Å². The van der Waals surface area contributed by atoms with Crippen molar-refractivity contribution < 1.29 is 14.3 Å². The van der Waals surface area contributed by atoms with Gasteiger partial charge in [-0.1, -0.05) is 64.3 Å². The fourth-order valence-electron chi connectivity index (χ4n) is 4.95. The SMILES string of the molecule is CCCCc1cc2cc(C(=O)OCC)ccn2c1C(=O)c1ccc(CCCN(CCCC)CCCC)cc1. The zero-order chi connectivity index (χ0) is 27.3. The number of unbranched alkanes of at least 4 members (excludes halogenated alkanes) is 3. The third-order valence-electron chi connectivity index (χ3n) is 7.19. The second-order valence-corrected chi connectivity index (χ2v) is 10.2. The molecule has 0 N–H and O–H groups in total. The van der Waals surface area contributed by atoms with E-state index in [9.17, 15) is 9.59 Å². The smallest absolute Gasteiger partial charge is 0.338 e. The highest BCUT2D eigenvalue weighted by Gasteiger charge is 2.20. The normalized spacial score (nSPS) is 11.4. The van der Waals surface area contributed by atoms with E-state index in [0.717, 1.165) is 49.7 Å². The van der Waals surface area contributed by atoms with Gasteiger partial charge >= 0.3 is 5.97 Å². The van der Waals surface area contributed by atoms with Crippen molar-refractivity contribution >= 4 is 17.3 Å². The molecule has 206 valence electrons. The molecular formula is C33H46N2O3. The first-order valence-electron chi connectivity index (χ1n) is 14.7. The van der Waals surface area contributed by atoms with Crippen LogP contribution in [0.4, 0.5) is 0 Å². The minimum atomic E-state index is -0.339. The average Bonchev–Trinajstić information content (AvgIpc) is 3.30. The molecule has 3 rings (SSSR count). The fourth-order valence-corrected chi connectivity index (χ4v) is 4.95. The number of ether oxygens (including phenoxy) is 1. The van der Waals surface area contributed by atoms with Gasteiger partial charge in [0.25, 0.3) is 0 Å². The molecule has 0 saturated heterocycles. The molecule has 0 amide bonds. The molecule has 0 aliphatic rings. The van der Waals surface area contributed by atoms with E-state index in [4.69, 9.17) is 4.74 Å². The van der Waals surface area contributed by atoms with Gasteiger partial charge in [-0.2, -0.15) is 0 Å². The molecule has 0 aliphatic heterocycles. The molecular weight excluding hydrogens is 472 g/mol. The number of benzene rings is 1. The standard InChI is InChI=1S/C33H46N2O3/c1-5-9-14-28-24-30-25-29(33(37)38-8-4)19-23-35(30)31(28)32(36)27-17-15-26(16-18-27)13-12-22-34(20-10-6-2)21-11-7-3/h15-19,23-25H,5-14,20-22H2,1-4H3. The van der Waals surface area contributed by atoms with Crippen LogP contribution in [0.15, 0.2) is 48.7 Å². The van der Waals surface area contributed by atoms with Crippen molar-refractivity contribution in [1.82, 2.24) is 9.30 Å². The highest BCUT2D eigenvalue weighted by molar-refractivity contribution is 6.09. The molecule has 3 aromatic rings. The second-order valence-electron chi connectivity index (χ2n) is 10.2. The average molecular weight is 519 g/mol. The van der Waals surface area contributed by atoms with E-state index in [1.807, 2.05) is 34.9 Å². The number of esters is 1. The Balaban J connectivity index is 1.74. The number of nitrogens with zero attached hydrogens (tertiary/aromatic N) is 2. The molecule has 0 spiro atoms. The van der Waals surface area contributed by atoms with E-state index >= 15 is 0 Å². The van der Waals surface area contributed by atoms with E-state index in [2.05, 4.69) is 37.8 Å². The lowest BCUT2D eigenvalue weighted by Crippen LogP contribution is -2.27. The third kappa shape index (κ3) is 8.04. The molecule has 0 bridgehead atoms. The van der Waals surface area contributed by atoms with Crippen LogP contribution in [0.5, 0.6) is 0 Å². The van der Waals surface area contributed by atoms with Gasteiger partial charge in [-0.3, -0.25) is 4.79 Å². The summed E-state index contributed by atoms with van der Waals surface area (Å²) in [5, 5.41) is 0. The van der Waals surface area contributed by atoms with Crippen LogP contribution in [0, 0.1) is 0 Å². The number of aryl methyl sites for hydroxylation is 2. The van der Waals surface area contributed by atoms with Crippen molar-refractivity contribution in [3.63, 3.8) is 0 Å². The van der Waals surface area contributed by atoms with Crippen molar-refractivity contribution in [2.75, 3.05) is 26.2 Å².